The average Bonchev–Trinajstić information content (AvgIpc) is 3.16. The Morgan fingerprint density at radius 1 is 1.14 bits per heavy atom. The van der Waals surface area contributed by atoms with Crippen LogP contribution in [0.4, 0.5) is 0 Å². The van der Waals surface area contributed by atoms with Crippen LogP contribution in [-0.4, -0.2) is 20.1 Å². The molecule has 0 unspecified atom stereocenters. The van der Waals surface area contributed by atoms with Crippen LogP contribution in [0.1, 0.15) is 35.3 Å². The second-order valence-electron chi connectivity index (χ2n) is 5.35. The third-order valence-corrected chi connectivity index (χ3v) is 3.93. The summed E-state index contributed by atoms with van der Waals surface area (Å²) in [6.07, 6.45) is 5.95. The van der Waals surface area contributed by atoms with Gasteiger partial charge in [0, 0.05) is 18.3 Å². The fraction of sp³-hybridized carbons (Fsp3) is 0.250. The van der Waals surface area contributed by atoms with E-state index < -0.39 is 0 Å². The van der Waals surface area contributed by atoms with Crippen molar-refractivity contribution in [3.8, 4) is 11.5 Å². The molecule has 0 aliphatic heterocycles. The van der Waals surface area contributed by atoms with Crippen LogP contribution < -0.4 is 0 Å². The van der Waals surface area contributed by atoms with Crippen molar-refractivity contribution in [3.63, 3.8) is 0 Å². The Kier molecular flexibility index (Phi) is 2.77. The van der Waals surface area contributed by atoms with E-state index >= 15 is 0 Å². The lowest BCUT2D eigenvalue weighted by Crippen LogP contribution is -1.89. The molecule has 2 heterocycles. The maximum absolute atomic E-state index is 5.41. The molecule has 3 aromatic rings. The van der Waals surface area contributed by atoms with Crippen LogP contribution in [0.3, 0.4) is 0 Å². The molecule has 0 N–H and O–H groups in total. The van der Waals surface area contributed by atoms with Gasteiger partial charge < -0.3 is 4.52 Å². The minimum absolute atomic E-state index is 0.323. The topological polar surface area (TPSA) is 64.7 Å². The predicted octanol–water partition coefficient (Wildman–Crippen LogP) is 3.11. The number of nitrogens with zero attached hydrogens (tertiary/aromatic N) is 4. The lowest BCUT2D eigenvalue weighted by Gasteiger charge is -2.02. The molecular weight excluding hydrogens is 264 g/mol. The Morgan fingerprint density at radius 3 is 2.86 bits per heavy atom. The second kappa shape index (κ2) is 4.77. The summed E-state index contributed by atoms with van der Waals surface area (Å²) in [7, 11) is 0. The molecule has 4 rings (SSSR count). The zero-order chi connectivity index (χ0) is 14.2. The standard InChI is InChI=1S/C16H14N4O/c1-10-4-2-3-5-11(10)12-8-13(12)16-19-15(20-21-16)14-9-17-6-7-18-14/h2-7,9,12-13H,8H2,1H3/t12-,13+/m0/s1. The van der Waals surface area contributed by atoms with Crippen LogP contribution in [0.5, 0.6) is 0 Å². The maximum Gasteiger partial charge on any atom is 0.230 e. The third kappa shape index (κ3) is 2.20. The Balaban J connectivity index is 1.57. The van der Waals surface area contributed by atoms with Gasteiger partial charge >= 0.3 is 0 Å². The summed E-state index contributed by atoms with van der Waals surface area (Å²) in [5.41, 5.74) is 3.33. The minimum atomic E-state index is 0.323. The molecule has 5 nitrogen and oxygen atoms in total. The molecular formula is C16H14N4O. The maximum atomic E-state index is 5.41. The van der Waals surface area contributed by atoms with Crippen LogP contribution in [0, 0.1) is 6.92 Å². The molecule has 5 heteroatoms. The van der Waals surface area contributed by atoms with Gasteiger partial charge in [0.15, 0.2) is 0 Å². The summed E-state index contributed by atoms with van der Waals surface area (Å²) >= 11 is 0. The zero-order valence-electron chi connectivity index (χ0n) is 11.6. The van der Waals surface area contributed by atoms with Crippen LogP contribution in [0.2, 0.25) is 0 Å². The monoisotopic (exact) mass is 278 g/mol. The number of hydrogen-bond donors (Lipinski definition) is 0. The molecule has 21 heavy (non-hydrogen) atoms. The van der Waals surface area contributed by atoms with Crippen molar-refractivity contribution in [1.29, 1.82) is 0 Å². The number of rotatable bonds is 3. The highest BCUT2D eigenvalue weighted by Gasteiger charge is 2.44. The van der Waals surface area contributed by atoms with Crippen LogP contribution >= 0.6 is 0 Å². The quantitative estimate of drug-likeness (QED) is 0.736. The van der Waals surface area contributed by atoms with Crippen LogP contribution in [0.15, 0.2) is 47.4 Å². The van der Waals surface area contributed by atoms with Gasteiger partial charge in [-0.3, -0.25) is 4.98 Å². The lowest BCUT2D eigenvalue weighted by molar-refractivity contribution is 0.378. The summed E-state index contributed by atoms with van der Waals surface area (Å²) in [6.45, 7) is 2.14. The van der Waals surface area contributed by atoms with Gasteiger partial charge in [0.25, 0.3) is 0 Å². The van der Waals surface area contributed by atoms with Crippen molar-refractivity contribution >= 4 is 0 Å². The summed E-state index contributed by atoms with van der Waals surface area (Å²) in [6, 6.07) is 8.47. The molecule has 0 saturated heterocycles. The summed E-state index contributed by atoms with van der Waals surface area (Å²) in [5.74, 6) is 2.02. The Bertz CT molecular complexity index is 769. The van der Waals surface area contributed by atoms with Crippen LogP contribution in [-0.2, 0) is 0 Å². The highest BCUT2D eigenvalue weighted by molar-refractivity contribution is 5.46. The molecule has 1 aliphatic rings. The summed E-state index contributed by atoms with van der Waals surface area (Å²) in [4.78, 5) is 12.7. The zero-order valence-corrected chi connectivity index (χ0v) is 11.6. The minimum Gasteiger partial charge on any atom is -0.339 e. The largest absolute Gasteiger partial charge is 0.339 e. The van der Waals surface area contributed by atoms with Gasteiger partial charge in [-0.05, 0) is 30.4 Å². The molecule has 2 atom stereocenters. The number of aryl methyl sites for hydroxylation is 1. The predicted molar refractivity (Wildman–Crippen MR) is 76.6 cm³/mol. The first-order valence-corrected chi connectivity index (χ1v) is 6.98. The first kappa shape index (κ1) is 12.2. The summed E-state index contributed by atoms with van der Waals surface area (Å²) in [5, 5.41) is 4.01. The molecule has 0 amide bonds. The van der Waals surface area contributed by atoms with Gasteiger partial charge in [-0.1, -0.05) is 29.4 Å². The van der Waals surface area contributed by atoms with Gasteiger partial charge in [0.05, 0.1) is 6.20 Å². The van der Waals surface area contributed by atoms with E-state index in [-0.39, 0.29) is 0 Å². The molecule has 1 fully saturated rings. The van der Waals surface area contributed by atoms with E-state index in [0.29, 0.717) is 29.2 Å². The van der Waals surface area contributed by atoms with Crippen LogP contribution in [0.25, 0.3) is 11.5 Å². The van der Waals surface area contributed by atoms with Crippen molar-refractivity contribution in [2.75, 3.05) is 0 Å². The van der Waals surface area contributed by atoms with Gasteiger partial charge in [0.2, 0.25) is 11.7 Å². The second-order valence-corrected chi connectivity index (χ2v) is 5.35. The van der Waals surface area contributed by atoms with Gasteiger partial charge in [-0.15, -0.1) is 0 Å². The molecule has 1 aromatic carbocycles. The Hall–Kier alpha value is -2.56. The van der Waals surface area contributed by atoms with E-state index in [1.54, 1.807) is 18.6 Å². The van der Waals surface area contributed by atoms with E-state index in [1.807, 2.05) is 0 Å². The Morgan fingerprint density at radius 2 is 2.05 bits per heavy atom. The Labute approximate surface area is 122 Å². The number of aromatic nitrogens is 4. The first-order valence-electron chi connectivity index (χ1n) is 6.98. The third-order valence-electron chi connectivity index (χ3n) is 3.93. The van der Waals surface area contributed by atoms with E-state index in [1.165, 1.54) is 11.1 Å². The van der Waals surface area contributed by atoms with E-state index in [9.17, 15) is 0 Å². The fourth-order valence-corrected chi connectivity index (χ4v) is 2.72. The molecule has 2 aromatic heterocycles. The summed E-state index contributed by atoms with van der Waals surface area (Å²) < 4.78 is 5.41. The van der Waals surface area contributed by atoms with Crippen molar-refractivity contribution in [2.24, 2.45) is 0 Å². The highest BCUT2D eigenvalue weighted by atomic mass is 16.5. The van der Waals surface area contributed by atoms with Gasteiger partial charge in [-0.2, -0.15) is 4.98 Å². The normalized spacial score (nSPS) is 20.4. The van der Waals surface area contributed by atoms with E-state index in [0.717, 1.165) is 6.42 Å². The van der Waals surface area contributed by atoms with Crippen molar-refractivity contribution in [3.05, 3.63) is 59.9 Å². The molecule has 104 valence electrons. The average molecular weight is 278 g/mol. The van der Waals surface area contributed by atoms with E-state index in [2.05, 4.69) is 51.3 Å². The number of hydrogen-bond acceptors (Lipinski definition) is 5. The molecule has 1 aliphatic carbocycles. The molecule has 0 radical (unpaired) electrons. The highest BCUT2D eigenvalue weighted by Crippen LogP contribution is 2.54. The lowest BCUT2D eigenvalue weighted by atomic mass is 10.0. The van der Waals surface area contributed by atoms with Crippen molar-refractivity contribution in [2.45, 2.75) is 25.2 Å². The molecule has 0 bridgehead atoms. The fourth-order valence-electron chi connectivity index (χ4n) is 2.72. The SMILES string of the molecule is Cc1ccccc1[C@@H]1C[C@H]1c1nc(-c2cnccn2)no1. The smallest absolute Gasteiger partial charge is 0.230 e. The molecule has 0 spiro atoms. The van der Waals surface area contributed by atoms with Gasteiger partial charge in [-0.25, -0.2) is 4.98 Å². The van der Waals surface area contributed by atoms with Gasteiger partial charge in [0.1, 0.15) is 5.69 Å². The van der Waals surface area contributed by atoms with Crippen molar-refractivity contribution < 1.29 is 4.52 Å². The number of benzene rings is 1. The van der Waals surface area contributed by atoms with E-state index in [4.69, 9.17) is 4.52 Å². The molecule has 1 saturated carbocycles. The van der Waals surface area contributed by atoms with Crippen molar-refractivity contribution in [1.82, 2.24) is 20.1 Å². The first-order chi connectivity index (χ1) is 10.3.